The largest absolute Gasteiger partial charge is 0.461 e. The third-order valence-corrected chi connectivity index (χ3v) is 3.52. The molecular weight excluding hydrogens is 244 g/mol. The summed E-state index contributed by atoms with van der Waals surface area (Å²) in [5.41, 5.74) is 0.575. The van der Waals surface area contributed by atoms with Gasteiger partial charge < -0.3 is 14.5 Å². The van der Waals surface area contributed by atoms with Crippen molar-refractivity contribution in [3.63, 3.8) is 0 Å². The van der Waals surface area contributed by atoms with E-state index in [0.29, 0.717) is 24.1 Å². The lowest BCUT2D eigenvalue weighted by Crippen LogP contribution is -2.31. The lowest BCUT2D eigenvalue weighted by Gasteiger charge is -2.35. The molecule has 1 aromatic heterocycles. The summed E-state index contributed by atoms with van der Waals surface area (Å²) in [6, 6.07) is 0.767. The molecule has 0 aromatic carbocycles. The summed E-state index contributed by atoms with van der Waals surface area (Å²) in [4.78, 5) is 15.6. The maximum absolute atomic E-state index is 11.5. The summed E-state index contributed by atoms with van der Waals surface area (Å²) in [5, 5.41) is 3.27. The minimum absolute atomic E-state index is 0.222. The van der Waals surface area contributed by atoms with Crippen LogP contribution in [0.2, 0.25) is 0 Å². The van der Waals surface area contributed by atoms with E-state index in [1.807, 2.05) is 0 Å². The molecule has 0 saturated heterocycles. The summed E-state index contributed by atoms with van der Waals surface area (Å²) >= 11 is 0. The zero-order valence-corrected chi connectivity index (χ0v) is 11.9. The van der Waals surface area contributed by atoms with Crippen molar-refractivity contribution >= 4 is 12.0 Å². The Balaban J connectivity index is 1.94. The van der Waals surface area contributed by atoms with Crippen molar-refractivity contribution in [3.8, 4) is 0 Å². The first-order valence-corrected chi connectivity index (χ1v) is 6.89. The molecule has 0 spiro atoms. The number of nitrogens with zero attached hydrogens (tertiary/aromatic N) is 1. The van der Waals surface area contributed by atoms with E-state index in [-0.39, 0.29) is 5.69 Å². The maximum atomic E-state index is 11.5. The molecule has 2 rings (SSSR count). The molecule has 0 aliphatic heterocycles. The smallest absolute Gasteiger partial charge is 0.360 e. The normalized spacial score (nSPS) is 21.9. The minimum Gasteiger partial charge on any atom is -0.461 e. The first-order chi connectivity index (χ1) is 9.00. The van der Waals surface area contributed by atoms with Crippen LogP contribution < -0.4 is 5.32 Å². The molecule has 5 nitrogen and oxygen atoms in total. The van der Waals surface area contributed by atoms with Crippen molar-refractivity contribution < 1.29 is 13.9 Å². The molecule has 1 atom stereocenters. The fraction of sp³-hybridized carbons (Fsp3) is 0.714. The first kappa shape index (κ1) is 13.9. The van der Waals surface area contributed by atoms with Crippen LogP contribution in [0.5, 0.6) is 0 Å². The van der Waals surface area contributed by atoms with Crippen LogP contribution in [0.3, 0.4) is 0 Å². The Hall–Kier alpha value is -1.52. The Morgan fingerprint density at radius 2 is 2.42 bits per heavy atom. The Bertz CT molecular complexity index is 440. The van der Waals surface area contributed by atoms with Crippen LogP contribution in [-0.2, 0) is 4.74 Å². The van der Waals surface area contributed by atoms with Gasteiger partial charge in [-0.25, -0.2) is 4.79 Å². The quantitative estimate of drug-likeness (QED) is 0.848. The highest BCUT2D eigenvalue weighted by atomic mass is 16.5. The van der Waals surface area contributed by atoms with Crippen molar-refractivity contribution in [1.29, 1.82) is 0 Å². The van der Waals surface area contributed by atoms with Crippen molar-refractivity contribution in [2.45, 2.75) is 52.5 Å². The van der Waals surface area contributed by atoms with Gasteiger partial charge in [-0.2, -0.15) is 4.98 Å². The third-order valence-electron chi connectivity index (χ3n) is 3.52. The van der Waals surface area contributed by atoms with E-state index in [0.717, 1.165) is 12.8 Å². The topological polar surface area (TPSA) is 64.4 Å². The van der Waals surface area contributed by atoms with Crippen LogP contribution in [0, 0.1) is 5.41 Å². The summed E-state index contributed by atoms with van der Waals surface area (Å²) in [7, 11) is 0. The van der Waals surface area contributed by atoms with Crippen molar-refractivity contribution in [2.24, 2.45) is 5.41 Å². The monoisotopic (exact) mass is 266 g/mol. The summed E-state index contributed by atoms with van der Waals surface area (Å²) in [6.07, 6.45) is 6.00. The van der Waals surface area contributed by atoms with Gasteiger partial charge in [0, 0.05) is 6.04 Å². The number of carbonyl (C=O) groups excluding carboxylic acids is 1. The minimum atomic E-state index is -0.441. The van der Waals surface area contributed by atoms with Crippen molar-refractivity contribution in [1.82, 2.24) is 4.98 Å². The SMILES string of the molecule is CCOC(=O)c1coc(NC2CCCC(C)(C)C2)n1. The number of carbonyl (C=O) groups is 1. The third kappa shape index (κ3) is 3.72. The molecule has 5 heteroatoms. The number of anilines is 1. The van der Waals surface area contributed by atoms with E-state index < -0.39 is 5.97 Å². The second-order valence-corrected chi connectivity index (χ2v) is 5.86. The highest BCUT2D eigenvalue weighted by Gasteiger charge is 2.28. The van der Waals surface area contributed by atoms with Crippen molar-refractivity contribution in [3.05, 3.63) is 12.0 Å². The molecule has 1 aliphatic rings. The van der Waals surface area contributed by atoms with Gasteiger partial charge in [-0.1, -0.05) is 20.3 Å². The van der Waals surface area contributed by atoms with Gasteiger partial charge in [0.2, 0.25) is 0 Å². The molecular formula is C14H22N2O3. The average molecular weight is 266 g/mol. The molecule has 1 fully saturated rings. The Kier molecular flexibility index (Phi) is 4.12. The van der Waals surface area contributed by atoms with Gasteiger partial charge in [-0.15, -0.1) is 0 Å². The second kappa shape index (κ2) is 5.63. The van der Waals surface area contributed by atoms with Gasteiger partial charge in [-0.05, 0) is 31.6 Å². The number of oxazole rings is 1. The number of esters is 1. The van der Waals surface area contributed by atoms with E-state index in [4.69, 9.17) is 9.15 Å². The Morgan fingerprint density at radius 1 is 1.63 bits per heavy atom. The second-order valence-electron chi connectivity index (χ2n) is 5.86. The molecule has 1 aliphatic carbocycles. The zero-order valence-electron chi connectivity index (χ0n) is 11.9. The predicted molar refractivity (Wildman–Crippen MR) is 72.1 cm³/mol. The molecule has 0 bridgehead atoms. The molecule has 1 aromatic rings. The number of hydrogen-bond donors (Lipinski definition) is 1. The molecule has 0 radical (unpaired) electrons. The van der Waals surface area contributed by atoms with Gasteiger partial charge in [-0.3, -0.25) is 0 Å². The highest BCUT2D eigenvalue weighted by Crippen LogP contribution is 2.36. The van der Waals surface area contributed by atoms with E-state index in [1.54, 1.807) is 6.92 Å². The summed E-state index contributed by atoms with van der Waals surface area (Å²) < 4.78 is 10.2. The fourth-order valence-corrected chi connectivity index (χ4v) is 2.63. The number of hydrogen-bond acceptors (Lipinski definition) is 5. The van der Waals surface area contributed by atoms with Gasteiger partial charge >= 0.3 is 5.97 Å². The Labute approximate surface area is 113 Å². The van der Waals surface area contributed by atoms with Crippen LogP contribution in [0.4, 0.5) is 6.01 Å². The van der Waals surface area contributed by atoms with Crippen LogP contribution >= 0.6 is 0 Å². The van der Waals surface area contributed by atoms with Crippen LogP contribution in [0.15, 0.2) is 10.7 Å². The van der Waals surface area contributed by atoms with Crippen molar-refractivity contribution in [2.75, 3.05) is 11.9 Å². The molecule has 106 valence electrons. The van der Waals surface area contributed by atoms with E-state index >= 15 is 0 Å². The zero-order chi connectivity index (χ0) is 13.9. The Morgan fingerprint density at radius 3 is 3.11 bits per heavy atom. The number of aromatic nitrogens is 1. The number of rotatable bonds is 4. The van der Waals surface area contributed by atoms with Gasteiger partial charge in [0.15, 0.2) is 5.69 Å². The van der Waals surface area contributed by atoms with Crippen LogP contribution in [-0.4, -0.2) is 23.6 Å². The van der Waals surface area contributed by atoms with Crippen LogP contribution in [0.25, 0.3) is 0 Å². The molecule has 1 heterocycles. The molecule has 1 saturated carbocycles. The number of nitrogens with one attached hydrogen (secondary N) is 1. The van der Waals surface area contributed by atoms with E-state index in [1.165, 1.54) is 19.1 Å². The van der Waals surface area contributed by atoms with Gasteiger partial charge in [0.05, 0.1) is 6.61 Å². The lowest BCUT2D eigenvalue weighted by molar-refractivity contribution is 0.0519. The van der Waals surface area contributed by atoms with Gasteiger partial charge in [0.1, 0.15) is 6.26 Å². The average Bonchev–Trinajstić information content (AvgIpc) is 2.76. The van der Waals surface area contributed by atoms with Gasteiger partial charge in [0.25, 0.3) is 6.01 Å². The lowest BCUT2D eigenvalue weighted by atomic mass is 9.75. The van der Waals surface area contributed by atoms with E-state index in [2.05, 4.69) is 24.1 Å². The number of ether oxygens (including phenoxy) is 1. The van der Waals surface area contributed by atoms with E-state index in [9.17, 15) is 4.79 Å². The summed E-state index contributed by atoms with van der Waals surface area (Å²) in [6.45, 7) is 6.66. The molecule has 19 heavy (non-hydrogen) atoms. The standard InChI is InChI=1S/C14H22N2O3/c1-4-18-12(17)11-9-19-13(16-11)15-10-6-5-7-14(2,3)8-10/h9-10H,4-8H2,1-3H3,(H,15,16). The first-order valence-electron chi connectivity index (χ1n) is 6.89. The maximum Gasteiger partial charge on any atom is 0.360 e. The highest BCUT2D eigenvalue weighted by molar-refractivity contribution is 5.87. The molecule has 1 unspecified atom stereocenters. The summed E-state index contributed by atoms with van der Waals surface area (Å²) in [5.74, 6) is -0.441. The van der Waals surface area contributed by atoms with Crippen LogP contribution in [0.1, 0.15) is 56.9 Å². The fourth-order valence-electron chi connectivity index (χ4n) is 2.63. The molecule has 1 N–H and O–H groups in total. The predicted octanol–water partition coefficient (Wildman–Crippen LogP) is 3.23. The molecule has 0 amide bonds.